The molecule has 6 rings (SSSR count). The van der Waals surface area contributed by atoms with E-state index in [2.05, 4.69) is 23.2 Å². The zero-order chi connectivity index (χ0) is 60.0. The second-order valence-corrected chi connectivity index (χ2v) is 19.6. The van der Waals surface area contributed by atoms with Gasteiger partial charge in [0.15, 0.2) is 23.0 Å². The van der Waals surface area contributed by atoms with Crippen molar-refractivity contribution in [3.05, 3.63) is 189 Å². The third kappa shape index (κ3) is 18.9. The molecule has 3 amide bonds. The van der Waals surface area contributed by atoms with Crippen LogP contribution in [0.4, 0.5) is 9.59 Å². The van der Waals surface area contributed by atoms with E-state index in [1.165, 1.54) is 52.5 Å². The molecule has 448 valence electrons. The van der Waals surface area contributed by atoms with E-state index in [0.29, 0.717) is 95.7 Å². The minimum Gasteiger partial charge on any atom is -0.493 e. The molecule has 16 nitrogen and oxygen atoms in total. The molecular formula is C60H69Cl5N4O12S2. The van der Waals surface area contributed by atoms with Crippen LogP contribution in [-0.2, 0) is 11.1 Å². The summed E-state index contributed by atoms with van der Waals surface area (Å²) in [5, 5.41) is 4.92. The molecule has 0 heterocycles. The predicted molar refractivity (Wildman–Crippen MR) is 340 cm³/mol. The number of methoxy groups -OCH3 is 6. The van der Waals surface area contributed by atoms with Crippen molar-refractivity contribution in [2.45, 2.75) is 23.9 Å². The lowest BCUT2D eigenvalue weighted by molar-refractivity contribution is 0.0550. The number of hydrogen-bond acceptors (Lipinski definition) is 13. The molecule has 83 heavy (non-hydrogen) atoms. The molecule has 0 saturated carbocycles. The molecule has 2 atom stereocenters. The molecule has 6 aromatic rings. The molecule has 0 aliphatic heterocycles. The van der Waals surface area contributed by atoms with Gasteiger partial charge >= 0.3 is 11.5 Å². The Morgan fingerprint density at radius 2 is 0.904 bits per heavy atom. The van der Waals surface area contributed by atoms with Crippen LogP contribution < -0.4 is 43.2 Å². The first-order chi connectivity index (χ1) is 38.7. The van der Waals surface area contributed by atoms with Crippen LogP contribution in [0.2, 0.25) is 20.1 Å². The van der Waals surface area contributed by atoms with Gasteiger partial charge in [-0.2, -0.15) is 27.0 Å². The van der Waals surface area contributed by atoms with Gasteiger partial charge in [-0.25, -0.2) is 9.59 Å². The van der Waals surface area contributed by atoms with E-state index in [4.69, 9.17) is 91.2 Å². The van der Waals surface area contributed by atoms with E-state index < -0.39 is 22.6 Å². The zero-order valence-corrected chi connectivity index (χ0v) is 53.4. The van der Waals surface area contributed by atoms with Crippen LogP contribution in [0.25, 0.3) is 0 Å². The average molecular weight is 1280 g/mol. The Hall–Kier alpha value is -6.61. The summed E-state index contributed by atoms with van der Waals surface area (Å²) in [4.78, 5) is 55.3. The summed E-state index contributed by atoms with van der Waals surface area (Å²) < 4.78 is 42.5. The summed E-state index contributed by atoms with van der Waals surface area (Å²) in [6.07, 6.45) is 3.67. The summed E-state index contributed by atoms with van der Waals surface area (Å²) in [6, 6.07) is 34.3. The second kappa shape index (κ2) is 34.9. The molecule has 6 aromatic carbocycles. The first kappa shape index (κ1) is 72.5. The number of carbonyl (C=O) groups is 4. The Morgan fingerprint density at radius 1 is 0.518 bits per heavy atom. The molecule has 0 aliphatic carbocycles. The monoisotopic (exact) mass is 1280 g/mol. The van der Waals surface area contributed by atoms with E-state index in [1.54, 1.807) is 135 Å². The minimum atomic E-state index is -1.13. The fourth-order valence-electron chi connectivity index (χ4n) is 8.58. The minimum absolute atomic E-state index is 0. The summed E-state index contributed by atoms with van der Waals surface area (Å²) in [6.45, 7) is 8.21. The topological polar surface area (TPSA) is 164 Å². The number of halogens is 5. The van der Waals surface area contributed by atoms with Gasteiger partial charge < -0.3 is 53.0 Å². The summed E-state index contributed by atoms with van der Waals surface area (Å²) in [5.41, 5.74) is -0.310. The molecule has 0 saturated heterocycles. The van der Waals surface area contributed by atoms with E-state index in [0.717, 1.165) is 5.56 Å². The van der Waals surface area contributed by atoms with Crippen molar-refractivity contribution in [1.29, 1.82) is 0 Å². The fraction of sp³-hybridized carbons (Fsp3) is 0.267. The number of carbonyl (C=O) groups excluding carboxylic acids is 4. The molecule has 0 unspecified atom stereocenters. The lowest BCUT2D eigenvalue weighted by Gasteiger charge is -2.43. The SMILES string of the molecule is C=CC[C@@](CN(C)C(=O)c1cc(OC)c(OC)c(OC)c1)(c1ccc(Cl)c(Cl)c1)N(C)C(=O)Oc1ccccc1.C=CC[C@](CN(C)C(=O)c1cc(OC)c(OC)c(OC)c1)(NC)c1ccc(Cl)c(Cl)c1.O=C(Cl)Oc1ccccc1.S.S. The van der Waals surface area contributed by atoms with Gasteiger partial charge in [-0.05, 0) is 104 Å². The standard InChI is InChI=1S/C30H32Cl2N2O6.C23H28Cl2N2O4.C7H5ClO2.2H2S/c1-7-15-30(21-13-14-23(31)24(32)18-21,34(3)29(36)40-22-11-9-8-10-12-22)19-33(2)28(35)20-16-25(37-4)27(39-6)26(17-20)38-5;1-7-10-23(26-2,16-8-9-17(24)18(25)13-16)14-27(3)22(28)15-11-19(29-4)21(31-6)20(12-15)30-5;8-7(9)10-6-4-2-1-3-5-6;;/h7-14,16-18H,1,15,19H2,2-6H3;7-9,11-13,26H,1,10,14H2,2-6H3;1-5H;2*1H2/t30-;23-;;;/m11.../s1. The highest BCUT2D eigenvalue weighted by molar-refractivity contribution is 7.59. The molecule has 0 spiro atoms. The highest BCUT2D eigenvalue weighted by Crippen LogP contribution is 2.42. The van der Waals surface area contributed by atoms with E-state index >= 15 is 0 Å². The van der Waals surface area contributed by atoms with Gasteiger partial charge in [-0.1, -0.05) is 107 Å². The summed E-state index contributed by atoms with van der Waals surface area (Å²) in [7, 11) is 15.8. The van der Waals surface area contributed by atoms with Gasteiger partial charge in [0.1, 0.15) is 11.5 Å². The van der Waals surface area contributed by atoms with Crippen molar-refractivity contribution in [1.82, 2.24) is 20.0 Å². The van der Waals surface area contributed by atoms with Crippen molar-refractivity contribution >= 4 is 108 Å². The van der Waals surface area contributed by atoms with Crippen molar-refractivity contribution in [3.63, 3.8) is 0 Å². The van der Waals surface area contributed by atoms with Crippen LogP contribution in [0.5, 0.6) is 46.0 Å². The number of likely N-dealkylation sites (N-methyl/N-ethyl adjacent to an activating group) is 4. The van der Waals surface area contributed by atoms with Crippen molar-refractivity contribution < 1.29 is 57.1 Å². The number of para-hydroxylation sites is 2. The number of nitrogens with zero attached hydrogens (tertiary/aromatic N) is 3. The van der Waals surface area contributed by atoms with Crippen molar-refractivity contribution in [2.24, 2.45) is 0 Å². The Morgan fingerprint density at radius 3 is 1.27 bits per heavy atom. The fourth-order valence-corrected chi connectivity index (χ4v) is 9.26. The van der Waals surface area contributed by atoms with Gasteiger partial charge in [0.2, 0.25) is 11.5 Å². The Balaban J connectivity index is 0.000000484. The number of ether oxygens (including phenoxy) is 8. The normalized spacial score (nSPS) is 11.6. The zero-order valence-electron chi connectivity index (χ0n) is 47.6. The summed E-state index contributed by atoms with van der Waals surface area (Å²) >= 11 is 29.9. The number of nitrogens with one attached hydrogen (secondary N) is 1. The van der Waals surface area contributed by atoms with Crippen LogP contribution in [-0.4, -0.2) is 122 Å². The van der Waals surface area contributed by atoms with Gasteiger partial charge in [0.05, 0.1) is 73.8 Å². The number of hydrogen-bond donors (Lipinski definition) is 1. The smallest absolute Gasteiger partial charge is 0.415 e. The molecule has 0 fully saturated rings. The lowest BCUT2D eigenvalue weighted by atomic mass is 9.84. The van der Waals surface area contributed by atoms with Crippen LogP contribution >= 0.6 is 85.0 Å². The molecule has 23 heteroatoms. The van der Waals surface area contributed by atoms with Gasteiger partial charge in [0, 0.05) is 57.0 Å². The average Bonchev–Trinajstić information content (AvgIpc) is 3.68. The van der Waals surface area contributed by atoms with Crippen LogP contribution in [0.3, 0.4) is 0 Å². The largest absolute Gasteiger partial charge is 0.493 e. The quantitative estimate of drug-likeness (QED) is 0.0505. The van der Waals surface area contributed by atoms with Crippen LogP contribution in [0.15, 0.2) is 147 Å². The first-order valence-corrected chi connectivity index (χ1v) is 26.4. The maximum Gasteiger partial charge on any atom is 0.415 e. The van der Waals surface area contributed by atoms with Crippen LogP contribution in [0, 0.1) is 0 Å². The van der Waals surface area contributed by atoms with Crippen molar-refractivity contribution in [3.8, 4) is 46.0 Å². The maximum absolute atomic E-state index is 13.8. The molecule has 0 aromatic heterocycles. The summed E-state index contributed by atoms with van der Waals surface area (Å²) in [5.74, 6) is 2.57. The molecule has 0 aliphatic rings. The number of benzene rings is 6. The predicted octanol–water partition coefficient (Wildman–Crippen LogP) is 14.1. The number of amides is 3. The number of rotatable bonds is 22. The highest BCUT2D eigenvalue weighted by Gasteiger charge is 2.42. The van der Waals surface area contributed by atoms with E-state index in [1.807, 2.05) is 31.3 Å². The van der Waals surface area contributed by atoms with Crippen molar-refractivity contribution in [2.75, 3.05) is 83.9 Å². The molecule has 0 radical (unpaired) electrons. The third-order valence-electron chi connectivity index (χ3n) is 12.7. The lowest BCUT2D eigenvalue weighted by Crippen LogP contribution is -2.54. The second-order valence-electron chi connectivity index (χ2n) is 17.7. The van der Waals surface area contributed by atoms with Gasteiger partial charge in [0.25, 0.3) is 11.8 Å². The van der Waals surface area contributed by atoms with E-state index in [9.17, 15) is 19.2 Å². The first-order valence-electron chi connectivity index (χ1n) is 24.5. The molecule has 0 bridgehead atoms. The molecular weight excluding hydrogens is 1210 g/mol. The Labute approximate surface area is 524 Å². The Bertz CT molecular complexity index is 3080. The highest BCUT2D eigenvalue weighted by atomic mass is 35.5. The Kier molecular flexibility index (Phi) is 30.5. The third-order valence-corrected chi connectivity index (χ3v) is 14.3. The van der Waals surface area contributed by atoms with Crippen LogP contribution in [0.1, 0.15) is 44.7 Å². The van der Waals surface area contributed by atoms with Gasteiger partial charge in [-0.3, -0.25) is 14.5 Å². The molecule has 1 N–H and O–H groups in total. The maximum atomic E-state index is 13.8. The van der Waals surface area contributed by atoms with Gasteiger partial charge in [-0.15, -0.1) is 13.2 Å². The van der Waals surface area contributed by atoms with E-state index in [-0.39, 0.29) is 51.8 Å².